The molecule has 1 fully saturated rings. The van der Waals surface area contributed by atoms with E-state index in [1.165, 1.54) is 0 Å². The third-order valence-corrected chi connectivity index (χ3v) is 6.79. The number of H-pyrrole nitrogens is 1. The molecule has 5 nitrogen and oxygen atoms in total. The van der Waals surface area contributed by atoms with Crippen LogP contribution in [0.1, 0.15) is 21.7 Å². The minimum atomic E-state index is 0.0300. The number of amides is 1. The third-order valence-electron chi connectivity index (χ3n) is 5.98. The minimum absolute atomic E-state index is 0.0300. The van der Waals surface area contributed by atoms with Gasteiger partial charge in [-0.05, 0) is 44.2 Å². The average molecular weight is 471 g/mol. The summed E-state index contributed by atoms with van der Waals surface area (Å²) in [5.41, 5.74) is 4.53. The van der Waals surface area contributed by atoms with Crippen molar-refractivity contribution in [3.63, 3.8) is 0 Å². The standard InChI is InChI=1S/C25H28Cl2N4O/c1-18-17-21(19(2)28-18)25(32)31(20-7-4-3-5-8-20)16-13-29-11-14-30(15-12-29)23-10-6-9-22(26)24(23)27/h3-10,17,28H,11-16H2,1-2H3. The Labute approximate surface area is 199 Å². The fraction of sp³-hybridized carbons (Fsp3) is 0.320. The molecule has 2 heterocycles. The molecule has 1 aliphatic rings. The van der Waals surface area contributed by atoms with E-state index < -0.39 is 0 Å². The number of hydrogen-bond acceptors (Lipinski definition) is 3. The van der Waals surface area contributed by atoms with E-state index in [0.717, 1.165) is 61.0 Å². The molecule has 0 bridgehead atoms. The summed E-state index contributed by atoms with van der Waals surface area (Å²) in [5.74, 6) is 0.0300. The van der Waals surface area contributed by atoms with Gasteiger partial charge in [0.05, 0.1) is 21.3 Å². The molecular weight excluding hydrogens is 443 g/mol. The molecule has 0 spiro atoms. The number of rotatable bonds is 6. The summed E-state index contributed by atoms with van der Waals surface area (Å²) in [6.45, 7) is 8.91. The van der Waals surface area contributed by atoms with Crippen molar-refractivity contribution in [1.29, 1.82) is 0 Å². The van der Waals surface area contributed by atoms with Crippen molar-refractivity contribution in [2.75, 3.05) is 49.1 Å². The number of nitrogens with one attached hydrogen (secondary N) is 1. The number of nitrogens with zero attached hydrogens (tertiary/aromatic N) is 3. The van der Waals surface area contributed by atoms with Crippen LogP contribution in [0.3, 0.4) is 0 Å². The summed E-state index contributed by atoms with van der Waals surface area (Å²) in [5, 5.41) is 1.19. The number of carbonyl (C=O) groups excluding carboxylic acids is 1. The van der Waals surface area contributed by atoms with Crippen LogP contribution in [-0.2, 0) is 0 Å². The average Bonchev–Trinajstić information content (AvgIpc) is 3.15. The van der Waals surface area contributed by atoms with Gasteiger partial charge in [-0.2, -0.15) is 0 Å². The second kappa shape index (κ2) is 9.99. The normalized spacial score (nSPS) is 14.6. The zero-order chi connectivity index (χ0) is 22.7. The van der Waals surface area contributed by atoms with Crippen LogP contribution in [0.2, 0.25) is 10.0 Å². The number of anilines is 2. The highest BCUT2D eigenvalue weighted by atomic mass is 35.5. The zero-order valence-corrected chi connectivity index (χ0v) is 20.0. The van der Waals surface area contributed by atoms with Gasteiger partial charge in [-0.15, -0.1) is 0 Å². The Morgan fingerprint density at radius 1 is 1.00 bits per heavy atom. The van der Waals surface area contributed by atoms with Gasteiger partial charge in [0.15, 0.2) is 0 Å². The maximum absolute atomic E-state index is 13.4. The van der Waals surface area contributed by atoms with Gasteiger partial charge in [-0.25, -0.2) is 0 Å². The highest BCUT2D eigenvalue weighted by Gasteiger charge is 2.24. The molecule has 0 unspecified atom stereocenters. The number of hydrogen-bond donors (Lipinski definition) is 1. The molecule has 1 aliphatic heterocycles. The van der Waals surface area contributed by atoms with Crippen LogP contribution in [0, 0.1) is 13.8 Å². The number of piperazine rings is 1. The summed E-state index contributed by atoms with van der Waals surface area (Å²) in [7, 11) is 0. The van der Waals surface area contributed by atoms with E-state index in [1.807, 2.05) is 73.3 Å². The van der Waals surface area contributed by atoms with Gasteiger partial charge in [0.25, 0.3) is 5.91 Å². The lowest BCUT2D eigenvalue weighted by Gasteiger charge is -2.37. The fourth-order valence-electron chi connectivity index (χ4n) is 4.24. The molecule has 0 radical (unpaired) electrons. The predicted molar refractivity (Wildman–Crippen MR) is 134 cm³/mol. The Morgan fingerprint density at radius 2 is 1.72 bits per heavy atom. The predicted octanol–water partition coefficient (Wildman–Crippen LogP) is 5.41. The molecule has 7 heteroatoms. The highest BCUT2D eigenvalue weighted by Crippen LogP contribution is 2.32. The van der Waals surface area contributed by atoms with Crippen molar-refractivity contribution >= 4 is 40.5 Å². The quantitative estimate of drug-likeness (QED) is 0.523. The van der Waals surface area contributed by atoms with Crippen molar-refractivity contribution in [2.24, 2.45) is 0 Å². The number of aryl methyl sites for hydroxylation is 2. The second-order valence-corrected chi connectivity index (χ2v) is 8.97. The Hall–Kier alpha value is -2.47. The highest BCUT2D eigenvalue weighted by molar-refractivity contribution is 6.43. The molecule has 2 aromatic carbocycles. The molecule has 1 amide bonds. The first kappa shape index (κ1) is 22.7. The lowest BCUT2D eigenvalue weighted by Crippen LogP contribution is -2.49. The fourth-order valence-corrected chi connectivity index (χ4v) is 4.65. The van der Waals surface area contributed by atoms with Crippen molar-refractivity contribution in [3.8, 4) is 0 Å². The molecule has 1 saturated heterocycles. The van der Waals surface area contributed by atoms with E-state index in [9.17, 15) is 4.79 Å². The van der Waals surface area contributed by atoms with Crippen molar-refractivity contribution in [1.82, 2.24) is 9.88 Å². The number of benzene rings is 2. The van der Waals surface area contributed by atoms with Crippen LogP contribution >= 0.6 is 23.2 Å². The lowest BCUT2D eigenvalue weighted by atomic mass is 10.2. The maximum atomic E-state index is 13.4. The van der Waals surface area contributed by atoms with Gasteiger partial charge >= 0.3 is 0 Å². The van der Waals surface area contributed by atoms with Gasteiger partial charge in [0, 0.05) is 56.3 Å². The minimum Gasteiger partial charge on any atom is -0.368 e. The van der Waals surface area contributed by atoms with Crippen LogP contribution in [0.25, 0.3) is 0 Å². The molecule has 0 saturated carbocycles. The number of para-hydroxylation sites is 1. The summed E-state index contributed by atoms with van der Waals surface area (Å²) in [4.78, 5) is 23.2. The Bertz CT molecular complexity index is 1070. The molecule has 4 rings (SSSR count). The van der Waals surface area contributed by atoms with Crippen LogP contribution in [0.15, 0.2) is 54.6 Å². The summed E-state index contributed by atoms with van der Waals surface area (Å²) in [6, 6.07) is 17.6. The van der Waals surface area contributed by atoms with E-state index in [2.05, 4.69) is 14.8 Å². The number of aromatic amines is 1. The van der Waals surface area contributed by atoms with Crippen molar-refractivity contribution in [3.05, 3.63) is 81.6 Å². The van der Waals surface area contributed by atoms with E-state index in [1.54, 1.807) is 0 Å². The SMILES string of the molecule is Cc1cc(C(=O)N(CCN2CCN(c3cccc(Cl)c3Cl)CC2)c2ccccc2)c(C)[nH]1. The van der Waals surface area contributed by atoms with Crippen molar-refractivity contribution < 1.29 is 4.79 Å². The Morgan fingerprint density at radius 3 is 2.38 bits per heavy atom. The van der Waals surface area contributed by atoms with Gasteiger partial charge in [-0.1, -0.05) is 47.5 Å². The first-order valence-electron chi connectivity index (χ1n) is 10.9. The van der Waals surface area contributed by atoms with Gasteiger partial charge in [0.2, 0.25) is 0 Å². The molecular formula is C25H28Cl2N4O. The van der Waals surface area contributed by atoms with E-state index in [4.69, 9.17) is 23.2 Å². The van der Waals surface area contributed by atoms with Crippen molar-refractivity contribution in [2.45, 2.75) is 13.8 Å². The van der Waals surface area contributed by atoms with Crippen LogP contribution < -0.4 is 9.80 Å². The number of aromatic nitrogens is 1. The largest absolute Gasteiger partial charge is 0.368 e. The van der Waals surface area contributed by atoms with Crippen LogP contribution in [0.5, 0.6) is 0 Å². The maximum Gasteiger partial charge on any atom is 0.260 e. The van der Waals surface area contributed by atoms with E-state index in [0.29, 0.717) is 16.6 Å². The number of halogens is 2. The monoisotopic (exact) mass is 470 g/mol. The zero-order valence-electron chi connectivity index (χ0n) is 18.4. The topological polar surface area (TPSA) is 42.6 Å². The molecule has 168 valence electrons. The van der Waals surface area contributed by atoms with E-state index >= 15 is 0 Å². The van der Waals surface area contributed by atoms with Crippen LogP contribution in [0.4, 0.5) is 11.4 Å². The van der Waals surface area contributed by atoms with Gasteiger partial charge in [-0.3, -0.25) is 9.69 Å². The van der Waals surface area contributed by atoms with E-state index in [-0.39, 0.29) is 5.91 Å². The first-order valence-corrected chi connectivity index (χ1v) is 11.6. The second-order valence-electron chi connectivity index (χ2n) is 8.18. The first-order chi connectivity index (χ1) is 15.4. The molecule has 0 atom stereocenters. The summed E-state index contributed by atoms with van der Waals surface area (Å²) < 4.78 is 0. The third kappa shape index (κ3) is 4.96. The van der Waals surface area contributed by atoms with Crippen LogP contribution in [-0.4, -0.2) is 55.1 Å². The molecule has 3 aromatic rings. The smallest absolute Gasteiger partial charge is 0.260 e. The number of carbonyl (C=O) groups is 1. The van der Waals surface area contributed by atoms with Gasteiger partial charge in [0.1, 0.15) is 0 Å². The van der Waals surface area contributed by atoms with Gasteiger partial charge < -0.3 is 14.8 Å². The molecule has 1 N–H and O–H groups in total. The summed E-state index contributed by atoms with van der Waals surface area (Å²) >= 11 is 12.6. The molecule has 0 aliphatic carbocycles. The Balaban J connectivity index is 1.42. The Kier molecular flexibility index (Phi) is 7.09. The molecule has 1 aromatic heterocycles. The lowest BCUT2D eigenvalue weighted by molar-refractivity contribution is 0.0982. The summed E-state index contributed by atoms with van der Waals surface area (Å²) in [6.07, 6.45) is 0. The molecule has 32 heavy (non-hydrogen) atoms.